The van der Waals surface area contributed by atoms with Crippen molar-refractivity contribution in [2.75, 3.05) is 0 Å². The Kier molecular flexibility index (Phi) is 11.8. The van der Waals surface area contributed by atoms with E-state index >= 15 is 0 Å². The molecule has 256 valence electrons. The molecular formula is C33H37N3O12. The van der Waals surface area contributed by atoms with Gasteiger partial charge in [0, 0.05) is 46.4 Å². The Hall–Kier alpha value is -5.57. The number of esters is 3. The second-order valence-corrected chi connectivity index (χ2v) is 11.3. The van der Waals surface area contributed by atoms with E-state index in [0.29, 0.717) is 5.56 Å². The van der Waals surface area contributed by atoms with Crippen molar-refractivity contribution in [3.63, 3.8) is 0 Å². The van der Waals surface area contributed by atoms with Crippen LogP contribution in [-0.2, 0) is 40.0 Å². The molecule has 0 aliphatic carbocycles. The van der Waals surface area contributed by atoms with Crippen molar-refractivity contribution in [2.24, 2.45) is 5.92 Å². The van der Waals surface area contributed by atoms with Gasteiger partial charge in [-0.1, -0.05) is 44.2 Å². The average Bonchev–Trinajstić information content (AvgIpc) is 2.97. The predicted octanol–water partition coefficient (Wildman–Crippen LogP) is 2.30. The summed E-state index contributed by atoms with van der Waals surface area (Å²) >= 11 is 0. The lowest BCUT2D eigenvalue weighted by molar-refractivity contribution is -0.175. The van der Waals surface area contributed by atoms with Gasteiger partial charge in [-0.05, 0) is 30.0 Å². The van der Waals surface area contributed by atoms with Crippen molar-refractivity contribution in [1.82, 2.24) is 14.9 Å². The van der Waals surface area contributed by atoms with E-state index in [0.717, 1.165) is 54.7 Å². The number of hydrazine groups is 1. The highest BCUT2D eigenvalue weighted by Crippen LogP contribution is 2.43. The fourth-order valence-electron chi connectivity index (χ4n) is 5.25. The Morgan fingerprint density at radius 2 is 1.38 bits per heavy atom. The molecule has 0 spiro atoms. The second kappa shape index (κ2) is 15.3. The first-order valence-corrected chi connectivity index (χ1v) is 14.8. The molecule has 15 heteroatoms. The Balaban J connectivity index is 2.46. The summed E-state index contributed by atoms with van der Waals surface area (Å²) in [6, 6.07) is 7.87. The van der Waals surface area contributed by atoms with Gasteiger partial charge in [-0.15, -0.1) is 0 Å². The molecule has 0 fully saturated rings. The molecule has 0 saturated carbocycles. The monoisotopic (exact) mass is 667 g/mol. The second-order valence-electron chi connectivity index (χ2n) is 11.3. The number of hydrogen-bond donors (Lipinski definition) is 2. The van der Waals surface area contributed by atoms with Crippen molar-refractivity contribution >= 4 is 47.3 Å². The summed E-state index contributed by atoms with van der Waals surface area (Å²) in [7, 11) is 0. The first-order chi connectivity index (χ1) is 22.4. The predicted molar refractivity (Wildman–Crippen MR) is 166 cm³/mol. The highest BCUT2D eigenvalue weighted by atomic mass is 16.6. The maximum absolute atomic E-state index is 14.5. The quantitative estimate of drug-likeness (QED) is 0.262. The number of carbonyl (C=O) groups excluding carboxylic acids is 6. The summed E-state index contributed by atoms with van der Waals surface area (Å²) in [6.45, 7) is 8.75. The van der Waals surface area contributed by atoms with Gasteiger partial charge in [-0.3, -0.25) is 28.8 Å². The van der Waals surface area contributed by atoms with Crippen LogP contribution in [0.15, 0.2) is 48.7 Å². The fraction of sp³-hybridized carbons (Fsp3) is 0.364. The Morgan fingerprint density at radius 1 is 0.854 bits per heavy atom. The first-order valence-electron chi connectivity index (χ1n) is 14.8. The minimum absolute atomic E-state index is 0.102. The van der Waals surface area contributed by atoms with Crippen molar-refractivity contribution in [3.8, 4) is 17.2 Å². The summed E-state index contributed by atoms with van der Waals surface area (Å²) in [5.41, 5.74) is 0.179. The number of aliphatic hydroxyl groups is 1. The minimum atomic E-state index is -2.20. The third-order valence-electron chi connectivity index (χ3n) is 7.07. The molecule has 48 heavy (non-hydrogen) atoms. The van der Waals surface area contributed by atoms with Gasteiger partial charge in [-0.2, -0.15) is 0 Å². The summed E-state index contributed by atoms with van der Waals surface area (Å²) in [4.78, 5) is 90.5. The SMILES string of the molecule is CC(=O)Oc1cc(C2=CN(C(C)=O)C(C(C)C)C(=O)N2N(C(C)=O)[C@@H](Cc2ccccc2)C(O)C(=O)O)cc(OC(C)=O)c1OC(C)=O. The molecule has 2 aromatic rings. The van der Waals surface area contributed by atoms with Gasteiger partial charge >= 0.3 is 23.9 Å². The molecule has 0 radical (unpaired) electrons. The smallest absolute Gasteiger partial charge is 0.334 e. The molecule has 3 amide bonds. The maximum atomic E-state index is 14.5. The van der Waals surface area contributed by atoms with E-state index in [1.54, 1.807) is 44.2 Å². The third kappa shape index (κ3) is 8.41. The summed E-state index contributed by atoms with van der Waals surface area (Å²) in [5, 5.41) is 22.5. The normalized spacial score (nSPS) is 15.6. The number of carboxylic acid groups (broad SMARTS) is 1. The van der Waals surface area contributed by atoms with Gasteiger partial charge < -0.3 is 29.3 Å². The molecule has 1 heterocycles. The Labute approximate surface area is 276 Å². The fourth-order valence-corrected chi connectivity index (χ4v) is 5.25. The van der Waals surface area contributed by atoms with Crippen LogP contribution in [0.2, 0.25) is 0 Å². The van der Waals surface area contributed by atoms with Crippen LogP contribution in [0.4, 0.5) is 0 Å². The molecule has 0 saturated heterocycles. The van der Waals surface area contributed by atoms with E-state index in [-0.39, 0.29) is 17.7 Å². The van der Waals surface area contributed by atoms with Crippen LogP contribution in [0.25, 0.3) is 5.70 Å². The number of rotatable bonds is 11. The maximum Gasteiger partial charge on any atom is 0.334 e. The van der Waals surface area contributed by atoms with Crippen LogP contribution in [0, 0.1) is 5.92 Å². The Morgan fingerprint density at radius 3 is 1.79 bits per heavy atom. The van der Waals surface area contributed by atoms with E-state index in [1.807, 2.05) is 0 Å². The van der Waals surface area contributed by atoms with E-state index in [2.05, 4.69) is 0 Å². The standard InChI is InChI=1S/C33H37N3O12/c1-17(2)29-32(43)36(35(19(4)38)25(30(42)33(44)45)13-23-11-9-8-10-12-23)26(16-34(29)18(3)37)24-14-27(46-20(5)39)31(48-22(7)41)28(15-24)47-21(6)40/h8-12,14-17,25,29-30,42H,13H2,1-7H3,(H,44,45)/t25-,29?,30?/m0/s1. The number of hydrogen-bond acceptors (Lipinski definition) is 11. The van der Waals surface area contributed by atoms with E-state index in [4.69, 9.17) is 14.2 Å². The van der Waals surface area contributed by atoms with Gasteiger partial charge in [0.1, 0.15) is 6.04 Å². The van der Waals surface area contributed by atoms with Crippen molar-refractivity contribution in [3.05, 3.63) is 59.8 Å². The topological polar surface area (TPSA) is 197 Å². The average molecular weight is 668 g/mol. The molecule has 2 unspecified atom stereocenters. The zero-order chi connectivity index (χ0) is 36.0. The van der Waals surface area contributed by atoms with E-state index in [1.165, 1.54) is 13.1 Å². The van der Waals surface area contributed by atoms with Gasteiger partial charge in [0.15, 0.2) is 17.6 Å². The van der Waals surface area contributed by atoms with Gasteiger partial charge in [0.05, 0.1) is 11.7 Å². The molecule has 3 atom stereocenters. The lowest BCUT2D eigenvalue weighted by atomic mass is 9.96. The van der Waals surface area contributed by atoms with Gasteiger partial charge in [-0.25, -0.2) is 14.8 Å². The molecule has 1 aliphatic rings. The third-order valence-corrected chi connectivity index (χ3v) is 7.07. The van der Waals surface area contributed by atoms with Gasteiger partial charge in [0.2, 0.25) is 17.6 Å². The molecule has 2 aromatic carbocycles. The highest BCUT2D eigenvalue weighted by Gasteiger charge is 2.47. The van der Waals surface area contributed by atoms with Crippen molar-refractivity contribution in [2.45, 2.75) is 73.1 Å². The summed E-state index contributed by atoms with van der Waals surface area (Å²) in [6.07, 6.45) is -1.20. The highest BCUT2D eigenvalue weighted by molar-refractivity contribution is 5.99. The largest absolute Gasteiger partial charge is 0.479 e. The van der Waals surface area contributed by atoms with Crippen LogP contribution in [-0.4, -0.2) is 84.9 Å². The summed E-state index contributed by atoms with van der Waals surface area (Å²) in [5.74, 6) is -8.42. The number of carbonyl (C=O) groups is 7. The number of ether oxygens (including phenoxy) is 3. The zero-order valence-corrected chi connectivity index (χ0v) is 27.5. The Bertz CT molecular complexity index is 1620. The lowest BCUT2D eigenvalue weighted by Gasteiger charge is -2.47. The zero-order valence-electron chi connectivity index (χ0n) is 27.5. The van der Waals surface area contributed by atoms with E-state index < -0.39 is 83.0 Å². The molecule has 2 N–H and O–H groups in total. The molecule has 0 bridgehead atoms. The minimum Gasteiger partial charge on any atom is -0.479 e. The molecule has 0 aromatic heterocycles. The molecule has 15 nitrogen and oxygen atoms in total. The molecule has 1 aliphatic heterocycles. The number of aliphatic carboxylic acids is 1. The van der Waals surface area contributed by atoms with Crippen LogP contribution >= 0.6 is 0 Å². The van der Waals surface area contributed by atoms with Crippen LogP contribution in [0.5, 0.6) is 17.2 Å². The molecule has 3 rings (SSSR count). The van der Waals surface area contributed by atoms with Crippen LogP contribution in [0.3, 0.4) is 0 Å². The number of carboxylic acids is 1. The number of amides is 3. The number of aliphatic hydroxyl groups excluding tert-OH is 1. The van der Waals surface area contributed by atoms with Crippen LogP contribution in [0.1, 0.15) is 59.6 Å². The first kappa shape index (κ1) is 36.9. The van der Waals surface area contributed by atoms with Crippen molar-refractivity contribution in [1.29, 1.82) is 0 Å². The summed E-state index contributed by atoms with van der Waals surface area (Å²) < 4.78 is 15.8. The van der Waals surface area contributed by atoms with Crippen LogP contribution < -0.4 is 14.2 Å². The molecular weight excluding hydrogens is 630 g/mol. The number of nitrogens with zero attached hydrogens (tertiary/aromatic N) is 3. The lowest BCUT2D eigenvalue weighted by Crippen LogP contribution is -2.64. The van der Waals surface area contributed by atoms with E-state index in [9.17, 15) is 43.8 Å². The van der Waals surface area contributed by atoms with Crippen molar-refractivity contribution < 1.29 is 58.0 Å². The van der Waals surface area contributed by atoms with Gasteiger partial charge in [0.25, 0.3) is 5.91 Å². The number of benzene rings is 2.